The van der Waals surface area contributed by atoms with Gasteiger partial charge in [-0.05, 0) is 82.6 Å². The standard InChI is InChI=1S/C23H31N3O3S/c1-22(2)11-17(12-23(3,4)25-22)24-21(30)26(14-18-6-5-9-27-18)13-16-7-8-19-20(10-16)29-15-28-19/h5-10,17,25H,11-15H2,1-4H3,(H,24,30). The van der Waals surface area contributed by atoms with Crippen molar-refractivity contribution in [3.63, 3.8) is 0 Å². The van der Waals surface area contributed by atoms with Crippen molar-refractivity contribution in [2.45, 2.75) is 70.7 Å². The van der Waals surface area contributed by atoms with E-state index in [0.29, 0.717) is 19.1 Å². The largest absolute Gasteiger partial charge is 0.467 e. The quantitative estimate of drug-likeness (QED) is 0.691. The number of ether oxygens (including phenoxy) is 2. The summed E-state index contributed by atoms with van der Waals surface area (Å²) in [7, 11) is 0. The summed E-state index contributed by atoms with van der Waals surface area (Å²) in [4.78, 5) is 2.15. The van der Waals surface area contributed by atoms with Gasteiger partial charge in [-0.15, -0.1) is 0 Å². The minimum atomic E-state index is 0.0538. The van der Waals surface area contributed by atoms with Crippen LogP contribution in [0.5, 0.6) is 11.5 Å². The fraction of sp³-hybridized carbons (Fsp3) is 0.522. The average molecular weight is 430 g/mol. The first-order valence-corrected chi connectivity index (χ1v) is 10.9. The van der Waals surface area contributed by atoms with Crippen molar-refractivity contribution in [1.29, 1.82) is 0 Å². The maximum Gasteiger partial charge on any atom is 0.231 e. The Bertz CT molecular complexity index is 879. The van der Waals surface area contributed by atoms with E-state index in [1.807, 2.05) is 24.3 Å². The van der Waals surface area contributed by atoms with Gasteiger partial charge in [0.25, 0.3) is 0 Å². The minimum absolute atomic E-state index is 0.0538. The van der Waals surface area contributed by atoms with Crippen molar-refractivity contribution in [3.05, 3.63) is 47.9 Å². The smallest absolute Gasteiger partial charge is 0.231 e. The van der Waals surface area contributed by atoms with Crippen LogP contribution in [0.25, 0.3) is 0 Å². The second-order valence-corrected chi connectivity index (χ2v) is 9.96. The predicted octanol–water partition coefficient (Wildman–Crippen LogP) is 4.19. The summed E-state index contributed by atoms with van der Waals surface area (Å²) < 4.78 is 16.6. The zero-order chi connectivity index (χ0) is 21.4. The topological polar surface area (TPSA) is 58.9 Å². The fourth-order valence-electron chi connectivity index (χ4n) is 4.74. The summed E-state index contributed by atoms with van der Waals surface area (Å²) in [6, 6.07) is 10.2. The van der Waals surface area contributed by atoms with Crippen LogP contribution in [-0.2, 0) is 13.1 Å². The van der Waals surface area contributed by atoms with E-state index in [2.05, 4.69) is 49.3 Å². The van der Waals surface area contributed by atoms with Crippen LogP contribution in [0.1, 0.15) is 51.9 Å². The van der Waals surface area contributed by atoms with Crippen LogP contribution < -0.4 is 20.1 Å². The van der Waals surface area contributed by atoms with Crippen LogP contribution in [0.15, 0.2) is 41.0 Å². The van der Waals surface area contributed by atoms with Gasteiger partial charge in [-0.3, -0.25) is 0 Å². The number of nitrogens with zero attached hydrogens (tertiary/aromatic N) is 1. The Kier molecular flexibility index (Phi) is 5.68. The Morgan fingerprint density at radius 3 is 2.53 bits per heavy atom. The van der Waals surface area contributed by atoms with E-state index in [1.54, 1.807) is 6.26 Å². The lowest BCUT2D eigenvalue weighted by molar-refractivity contribution is 0.153. The van der Waals surface area contributed by atoms with Gasteiger partial charge in [0.1, 0.15) is 5.76 Å². The van der Waals surface area contributed by atoms with Gasteiger partial charge in [0, 0.05) is 23.7 Å². The highest BCUT2D eigenvalue weighted by Crippen LogP contribution is 2.33. The minimum Gasteiger partial charge on any atom is -0.467 e. The summed E-state index contributed by atoms with van der Waals surface area (Å²) in [5, 5.41) is 8.10. The first-order valence-electron chi connectivity index (χ1n) is 10.4. The molecule has 2 aliphatic rings. The van der Waals surface area contributed by atoms with E-state index in [-0.39, 0.29) is 17.9 Å². The number of thiocarbonyl (C=S) groups is 1. The van der Waals surface area contributed by atoms with Gasteiger partial charge in [0.2, 0.25) is 6.79 Å². The third kappa shape index (κ3) is 5.08. The highest BCUT2D eigenvalue weighted by molar-refractivity contribution is 7.80. The SMILES string of the molecule is CC1(C)CC(NC(=S)N(Cc2ccc3c(c2)OCO3)Cc2ccco2)CC(C)(C)N1. The van der Waals surface area contributed by atoms with E-state index >= 15 is 0 Å². The molecule has 2 N–H and O–H groups in total. The van der Waals surface area contributed by atoms with Gasteiger partial charge in [0.05, 0.1) is 12.8 Å². The molecule has 1 fully saturated rings. The fourth-order valence-corrected chi connectivity index (χ4v) is 5.04. The van der Waals surface area contributed by atoms with Gasteiger partial charge in [-0.25, -0.2) is 0 Å². The molecule has 1 saturated heterocycles. The van der Waals surface area contributed by atoms with Crippen LogP contribution >= 0.6 is 12.2 Å². The molecule has 7 heteroatoms. The van der Waals surface area contributed by atoms with Crippen molar-refractivity contribution in [2.75, 3.05) is 6.79 Å². The molecule has 0 saturated carbocycles. The number of nitrogens with one attached hydrogen (secondary N) is 2. The molecule has 6 nitrogen and oxygen atoms in total. The number of rotatable bonds is 5. The van der Waals surface area contributed by atoms with Crippen LogP contribution in [0, 0.1) is 0 Å². The molecule has 4 rings (SSSR count). The number of benzene rings is 1. The number of hydrogen-bond donors (Lipinski definition) is 2. The number of furan rings is 1. The molecule has 3 heterocycles. The summed E-state index contributed by atoms with van der Waals surface area (Å²) in [5.74, 6) is 2.45. The molecule has 2 aliphatic heterocycles. The lowest BCUT2D eigenvalue weighted by Gasteiger charge is -2.47. The average Bonchev–Trinajstić information content (AvgIpc) is 3.29. The number of piperidine rings is 1. The first-order chi connectivity index (χ1) is 14.2. The Hall–Kier alpha value is -2.25. The summed E-state index contributed by atoms with van der Waals surface area (Å²) in [6.45, 7) is 10.5. The lowest BCUT2D eigenvalue weighted by atomic mass is 9.80. The van der Waals surface area contributed by atoms with Crippen molar-refractivity contribution >= 4 is 17.3 Å². The molecule has 1 aromatic heterocycles. The van der Waals surface area contributed by atoms with E-state index < -0.39 is 0 Å². The van der Waals surface area contributed by atoms with Gasteiger partial charge < -0.3 is 29.4 Å². The van der Waals surface area contributed by atoms with Crippen molar-refractivity contribution in [1.82, 2.24) is 15.5 Å². The second kappa shape index (κ2) is 8.12. The van der Waals surface area contributed by atoms with E-state index in [9.17, 15) is 0 Å². The van der Waals surface area contributed by atoms with Crippen molar-refractivity contribution in [2.24, 2.45) is 0 Å². The normalized spacial score (nSPS) is 19.5. The molecule has 2 aromatic rings. The summed E-state index contributed by atoms with van der Waals surface area (Å²) >= 11 is 5.87. The second-order valence-electron chi connectivity index (χ2n) is 9.57. The molecule has 0 bridgehead atoms. The number of hydrogen-bond acceptors (Lipinski definition) is 5. The predicted molar refractivity (Wildman–Crippen MR) is 121 cm³/mol. The zero-order valence-corrected chi connectivity index (χ0v) is 19.0. The lowest BCUT2D eigenvalue weighted by Crippen LogP contribution is -2.62. The molecule has 0 radical (unpaired) electrons. The maximum atomic E-state index is 5.87. The highest BCUT2D eigenvalue weighted by Gasteiger charge is 2.38. The molecular formula is C23H31N3O3S. The first kappa shape index (κ1) is 21.0. The summed E-state index contributed by atoms with van der Waals surface area (Å²) in [6.07, 6.45) is 3.72. The monoisotopic (exact) mass is 429 g/mol. The molecule has 0 unspecified atom stereocenters. The van der Waals surface area contributed by atoms with Gasteiger partial charge in [-0.1, -0.05) is 6.07 Å². The highest BCUT2D eigenvalue weighted by atomic mass is 32.1. The van der Waals surface area contributed by atoms with Crippen LogP contribution in [0.2, 0.25) is 0 Å². The van der Waals surface area contributed by atoms with Crippen LogP contribution in [-0.4, -0.2) is 33.9 Å². The molecule has 1 aromatic carbocycles. The summed E-state index contributed by atoms with van der Waals surface area (Å²) in [5.41, 5.74) is 1.22. The van der Waals surface area contributed by atoms with E-state index in [4.69, 9.17) is 26.1 Å². The molecule has 30 heavy (non-hydrogen) atoms. The Labute approximate surface area is 183 Å². The Morgan fingerprint density at radius 1 is 1.10 bits per heavy atom. The zero-order valence-electron chi connectivity index (χ0n) is 18.2. The molecule has 0 aliphatic carbocycles. The van der Waals surface area contributed by atoms with Gasteiger partial charge in [0.15, 0.2) is 16.6 Å². The molecular weight excluding hydrogens is 398 g/mol. The molecule has 162 valence electrons. The van der Waals surface area contributed by atoms with Gasteiger partial charge in [-0.2, -0.15) is 0 Å². The van der Waals surface area contributed by atoms with Crippen LogP contribution in [0.4, 0.5) is 0 Å². The molecule has 0 atom stereocenters. The molecule has 0 spiro atoms. The van der Waals surface area contributed by atoms with Crippen molar-refractivity contribution < 1.29 is 13.9 Å². The van der Waals surface area contributed by atoms with E-state index in [0.717, 1.165) is 40.8 Å². The van der Waals surface area contributed by atoms with Crippen LogP contribution in [0.3, 0.4) is 0 Å². The Balaban J connectivity index is 1.49. The molecule has 0 amide bonds. The van der Waals surface area contributed by atoms with Crippen molar-refractivity contribution in [3.8, 4) is 11.5 Å². The third-order valence-corrected chi connectivity index (χ3v) is 5.92. The third-order valence-electron chi connectivity index (χ3n) is 5.54. The Morgan fingerprint density at radius 2 is 1.83 bits per heavy atom. The maximum absolute atomic E-state index is 5.87. The van der Waals surface area contributed by atoms with E-state index in [1.165, 1.54) is 0 Å². The number of fused-ring (bicyclic) bond motifs is 1. The van der Waals surface area contributed by atoms with Gasteiger partial charge >= 0.3 is 0 Å².